The van der Waals surface area contributed by atoms with E-state index in [1.807, 2.05) is 37.3 Å². The molecule has 0 aliphatic rings. The molecule has 1 amide bonds. The molecule has 0 saturated carbocycles. The number of benzene rings is 1. The fourth-order valence-corrected chi connectivity index (χ4v) is 1.45. The zero-order valence-electron chi connectivity index (χ0n) is 11.6. The van der Waals surface area contributed by atoms with Gasteiger partial charge in [0.05, 0.1) is 6.54 Å². The lowest BCUT2D eigenvalue weighted by Crippen LogP contribution is -2.54. The van der Waals surface area contributed by atoms with Crippen LogP contribution in [0.15, 0.2) is 30.3 Å². The van der Waals surface area contributed by atoms with E-state index in [1.165, 1.54) is 0 Å². The van der Waals surface area contributed by atoms with E-state index in [1.54, 1.807) is 13.8 Å². The van der Waals surface area contributed by atoms with Gasteiger partial charge < -0.3 is 20.9 Å². The molecule has 4 N–H and O–H groups in total. The molecule has 2 unspecified atom stereocenters. The molecule has 0 aromatic heterocycles. The fraction of sp³-hybridized carbons (Fsp3) is 0.500. The van der Waals surface area contributed by atoms with Crippen molar-refractivity contribution in [2.45, 2.75) is 38.5 Å². The largest absolute Gasteiger partial charge is 0.489 e. The maximum Gasteiger partial charge on any atom is 0.250 e. The molecule has 2 atom stereocenters. The van der Waals surface area contributed by atoms with Crippen molar-refractivity contribution in [3.8, 4) is 5.75 Å². The topological polar surface area (TPSA) is 84.6 Å². The summed E-state index contributed by atoms with van der Waals surface area (Å²) >= 11 is 0. The molecule has 106 valence electrons. The monoisotopic (exact) mass is 266 g/mol. The summed E-state index contributed by atoms with van der Waals surface area (Å²) in [6.45, 7) is 5.34. The number of hydrogen-bond acceptors (Lipinski definition) is 4. The second-order valence-corrected chi connectivity index (χ2v) is 5.21. The molecule has 0 saturated heterocycles. The number of aliphatic hydroxyl groups excluding tert-OH is 1. The standard InChI is InChI=1S/C14H22N2O3/c1-10(19-11-7-5-4-6-8-11)9-16-13(18)12(17)14(2,3)15/h4-8,10,12,17H,9,15H2,1-3H3,(H,16,18). The highest BCUT2D eigenvalue weighted by Gasteiger charge is 2.29. The molecule has 19 heavy (non-hydrogen) atoms. The van der Waals surface area contributed by atoms with Crippen LogP contribution in [0.4, 0.5) is 0 Å². The number of nitrogens with two attached hydrogens (primary N) is 1. The number of carbonyl (C=O) groups excluding carboxylic acids is 1. The molecule has 0 aliphatic carbocycles. The van der Waals surface area contributed by atoms with Crippen molar-refractivity contribution >= 4 is 5.91 Å². The van der Waals surface area contributed by atoms with Crippen LogP contribution in [-0.4, -0.2) is 35.3 Å². The summed E-state index contributed by atoms with van der Waals surface area (Å²) in [7, 11) is 0. The van der Waals surface area contributed by atoms with Crippen LogP contribution in [0.2, 0.25) is 0 Å². The van der Waals surface area contributed by atoms with Crippen LogP contribution >= 0.6 is 0 Å². The quantitative estimate of drug-likeness (QED) is 0.706. The van der Waals surface area contributed by atoms with Crippen LogP contribution in [0.1, 0.15) is 20.8 Å². The van der Waals surface area contributed by atoms with Crippen LogP contribution in [0.3, 0.4) is 0 Å². The highest BCUT2D eigenvalue weighted by molar-refractivity contribution is 5.81. The summed E-state index contributed by atoms with van der Waals surface area (Å²) in [4.78, 5) is 11.6. The first-order valence-corrected chi connectivity index (χ1v) is 6.27. The third-order valence-electron chi connectivity index (χ3n) is 2.60. The normalized spacial score (nSPS) is 14.6. The maximum atomic E-state index is 11.6. The number of para-hydroxylation sites is 1. The Hall–Kier alpha value is -1.59. The van der Waals surface area contributed by atoms with Gasteiger partial charge in [-0.15, -0.1) is 0 Å². The fourth-order valence-electron chi connectivity index (χ4n) is 1.45. The first-order valence-electron chi connectivity index (χ1n) is 6.27. The van der Waals surface area contributed by atoms with Crippen LogP contribution in [-0.2, 0) is 4.79 Å². The Balaban J connectivity index is 2.38. The Morgan fingerprint density at radius 1 is 1.42 bits per heavy atom. The zero-order valence-corrected chi connectivity index (χ0v) is 11.6. The lowest BCUT2D eigenvalue weighted by atomic mass is 9.98. The minimum Gasteiger partial charge on any atom is -0.489 e. The molecule has 1 rings (SSSR count). The second-order valence-electron chi connectivity index (χ2n) is 5.21. The van der Waals surface area contributed by atoms with E-state index in [0.29, 0.717) is 6.54 Å². The van der Waals surface area contributed by atoms with Gasteiger partial charge in [-0.05, 0) is 32.9 Å². The maximum absolute atomic E-state index is 11.6. The molecule has 1 aromatic carbocycles. The van der Waals surface area contributed by atoms with Crippen molar-refractivity contribution in [1.29, 1.82) is 0 Å². The SMILES string of the molecule is CC(CNC(=O)C(O)C(C)(C)N)Oc1ccccc1. The van der Waals surface area contributed by atoms with E-state index >= 15 is 0 Å². The highest BCUT2D eigenvalue weighted by atomic mass is 16.5. The van der Waals surface area contributed by atoms with Gasteiger partial charge in [-0.1, -0.05) is 18.2 Å². The zero-order chi connectivity index (χ0) is 14.5. The first-order chi connectivity index (χ1) is 8.80. The van der Waals surface area contributed by atoms with Crippen LogP contribution in [0.25, 0.3) is 0 Å². The molecule has 5 heteroatoms. The number of hydrogen-bond donors (Lipinski definition) is 3. The van der Waals surface area contributed by atoms with E-state index in [4.69, 9.17) is 10.5 Å². The summed E-state index contributed by atoms with van der Waals surface area (Å²) < 4.78 is 5.60. The van der Waals surface area contributed by atoms with Crippen molar-refractivity contribution in [3.05, 3.63) is 30.3 Å². The van der Waals surface area contributed by atoms with Gasteiger partial charge in [0.15, 0.2) is 0 Å². The predicted molar refractivity (Wildman–Crippen MR) is 73.8 cm³/mol. The molecular formula is C14H22N2O3. The molecule has 5 nitrogen and oxygen atoms in total. The van der Waals surface area contributed by atoms with Crippen molar-refractivity contribution in [3.63, 3.8) is 0 Å². The average Bonchev–Trinajstić information content (AvgIpc) is 2.35. The summed E-state index contributed by atoms with van der Waals surface area (Å²) in [5.74, 6) is 0.250. The molecule has 0 heterocycles. The average molecular weight is 266 g/mol. The van der Waals surface area contributed by atoms with Crippen LogP contribution < -0.4 is 15.8 Å². The van der Waals surface area contributed by atoms with E-state index in [-0.39, 0.29) is 6.10 Å². The first kappa shape index (κ1) is 15.5. The summed E-state index contributed by atoms with van der Waals surface area (Å²) in [6.07, 6.45) is -1.43. The molecular weight excluding hydrogens is 244 g/mol. The van der Waals surface area contributed by atoms with E-state index in [2.05, 4.69) is 5.32 Å². The van der Waals surface area contributed by atoms with Gasteiger partial charge in [-0.2, -0.15) is 0 Å². The van der Waals surface area contributed by atoms with Gasteiger partial charge in [0.2, 0.25) is 0 Å². The van der Waals surface area contributed by atoms with Crippen LogP contribution in [0.5, 0.6) is 5.75 Å². The lowest BCUT2D eigenvalue weighted by Gasteiger charge is -2.25. The molecule has 0 aliphatic heterocycles. The molecule has 0 spiro atoms. The predicted octanol–water partition coefficient (Wildman–Crippen LogP) is 0.668. The van der Waals surface area contributed by atoms with Gasteiger partial charge >= 0.3 is 0 Å². The van der Waals surface area contributed by atoms with Gasteiger partial charge in [0.25, 0.3) is 5.91 Å². The Morgan fingerprint density at radius 3 is 2.53 bits per heavy atom. The molecule has 0 fully saturated rings. The smallest absolute Gasteiger partial charge is 0.250 e. The van der Waals surface area contributed by atoms with Crippen molar-refractivity contribution < 1.29 is 14.6 Å². The number of ether oxygens (including phenoxy) is 1. The third kappa shape index (κ3) is 5.28. The van der Waals surface area contributed by atoms with Gasteiger partial charge in [0, 0.05) is 5.54 Å². The van der Waals surface area contributed by atoms with Crippen LogP contribution in [0, 0.1) is 0 Å². The summed E-state index contributed by atoms with van der Waals surface area (Å²) in [5, 5.41) is 12.3. The second kappa shape index (κ2) is 6.54. The Bertz CT molecular complexity index is 401. The van der Waals surface area contributed by atoms with Crippen molar-refractivity contribution in [1.82, 2.24) is 5.32 Å². The van der Waals surface area contributed by atoms with Gasteiger partial charge in [0.1, 0.15) is 18.0 Å². The minimum atomic E-state index is -1.24. The Labute approximate surface area is 113 Å². The van der Waals surface area contributed by atoms with Crippen molar-refractivity contribution in [2.75, 3.05) is 6.54 Å². The number of nitrogens with one attached hydrogen (secondary N) is 1. The molecule has 0 radical (unpaired) electrons. The van der Waals surface area contributed by atoms with E-state index < -0.39 is 17.6 Å². The highest BCUT2D eigenvalue weighted by Crippen LogP contribution is 2.10. The van der Waals surface area contributed by atoms with Crippen molar-refractivity contribution in [2.24, 2.45) is 5.73 Å². The lowest BCUT2D eigenvalue weighted by molar-refractivity contribution is -0.132. The number of carbonyl (C=O) groups is 1. The molecule has 0 bridgehead atoms. The van der Waals surface area contributed by atoms with E-state index in [9.17, 15) is 9.90 Å². The number of amides is 1. The molecule has 1 aromatic rings. The Morgan fingerprint density at radius 2 is 2.00 bits per heavy atom. The van der Waals surface area contributed by atoms with Gasteiger partial charge in [-0.25, -0.2) is 0 Å². The van der Waals surface area contributed by atoms with E-state index in [0.717, 1.165) is 5.75 Å². The summed E-state index contributed by atoms with van der Waals surface area (Å²) in [5.41, 5.74) is 4.70. The minimum absolute atomic E-state index is 0.195. The number of rotatable bonds is 6. The summed E-state index contributed by atoms with van der Waals surface area (Å²) in [6, 6.07) is 9.34. The van der Waals surface area contributed by atoms with Gasteiger partial charge in [-0.3, -0.25) is 4.79 Å². The Kier molecular flexibility index (Phi) is 5.32. The number of aliphatic hydroxyl groups is 1. The third-order valence-corrected chi connectivity index (χ3v) is 2.60.